The first kappa shape index (κ1) is 29.3. The van der Waals surface area contributed by atoms with E-state index in [0.29, 0.717) is 48.5 Å². The standard InChI is InChI=1S/C31H36Cl2FN5O3/c1-4-35-26(40)16-13-18(14-16)37-27(41)24-22(19-7-12-36-25(33)23(19)34)31(30(39-24)10-8-29(2,3)9-11-30)20-6-5-17(32)15-21(20)38-28(31)42/h5-7,12,15-16,18,22,24,39H,4,8-11,13-14H2,1-3H3,(H,35,40)(H,37,41)(H,38,42)/t16-,18-,22-,24+,31+/m0/s1. The molecule has 1 aromatic carbocycles. The zero-order chi connectivity index (χ0) is 30.0. The molecule has 4 aliphatic rings. The Balaban J connectivity index is 1.47. The van der Waals surface area contributed by atoms with Gasteiger partial charge in [0.05, 0.1) is 6.04 Å². The minimum absolute atomic E-state index is 0.0195. The van der Waals surface area contributed by atoms with Crippen molar-refractivity contribution in [2.45, 2.75) is 88.3 Å². The topological polar surface area (TPSA) is 112 Å². The predicted octanol–water partition coefficient (Wildman–Crippen LogP) is 4.84. The molecule has 0 unspecified atom stereocenters. The van der Waals surface area contributed by atoms with Crippen LogP contribution in [0.5, 0.6) is 0 Å². The Labute approximate surface area is 254 Å². The average Bonchev–Trinajstić information content (AvgIpc) is 3.37. The van der Waals surface area contributed by atoms with Crippen LogP contribution in [0.15, 0.2) is 30.5 Å². The van der Waals surface area contributed by atoms with Gasteiger partial charge in [-0.15, -0.1) is 0 Å². The molecule has 2 spiro atoms. The van der Waals surface area contributed by atoms with Crippen molar-refractivity contribution in [3.63, 3.8) is 0 Å². The molecule has 2 saturated carbocycles. The predicted molar refractivity (Wildman–Crippen MR) is 159 cm³/mol. The number of nitrogens with zero attached hydrogens (tertiary/aromatic N) is 1. The van der Waals surface area contributed by atoms with Gasteiger partial charge in [0.2, 0.25) is 17.7 Å². The van der Waals surface area contributed by atoms with Gasteiger partial charge in [0.15, 0.2) is 11.0 Å². The fourth-order valence-corrected chi connectivity index (χ4v) is 8.22. The quantitative estimate of drug-likeness (QED) is 0.360. The van der Waals surface area contributed by atoms with Crippen LogP contribution in [-0.4, -0.2) is 46.9 Å². The second-order valence-corrected chi connectivity index (χ2v) is 13.9. The lowest BCUT2D eigenvalue weighted by atomic mass is 9.53. The largest absolute Gasteiger partial charge is 0.356 e. The van der Waals surface area contributed by atoms with Crippen LogP contribution in [0.4, 0.5) is 10.1 Å². The van der Waals surface area contributed by atoms with Crippen LogP contribution in [-0.2, 0) is 19.8 Å². The molecule has 2 aliphatic carbocycles. The third-order valence-corrected chi connectivity index (χ3v) is 10.7. The van der Waals surface area contributed by atoms with Crippen LogP contribution in [0.3, 0.4) is 0 Å². The van der Waals surface area contributed by atoms with Crippen molar-refractivity contribution in [2.24, 2.45) is 11.3 Å². The highest BCUT2D eigenvalue weighted by molar-refractivity contribution is 6.31. The van der Waals surface area contributed by atoms with E-state index >= 15 is 4.39 Å². The van der Waals surface area contributed by atoms with Gasteiger partial charge in [0.1, 0.15) is 5.41 Å². The monoisotopic (exact) mass is 615 g/mol. The molecule has 224 valence electrons. The molecule has 8 nitrogen and oxygen atoms in total. The van der Waals surface area contributed by atoms with Crippen LogP contribution >= 0.6 is 23.2 Å². The van der Waals surface area contributed by atoms with Crippen molar-refractivity contribution in [2.75, 3.05) is 11.9 Å². The number of fused-ring (bicyclic) bond motifs is 3. The van der Waals surface area contributed by atoms with Gasteiger partial charge in [-0.3, -0.25) is 19.7 Å². The minimum atomic E-state index is -1.32. The summed E-state index contributed by atoms with van der Waals surface area (Å²) in [7, 11) is 0. The maximum Gasteiger partial charge on any atom is 0.238 e. The first-order chi connectivity index (χ1) is 19.9. The second-order valence-electron chi connectivity index (χ2n) is 13.1. The molecule has 3 fully saturated rings. The van der Waals surface area contributed by atoms with E-state index in [1.54, 1.807) is 12.1 Å². The number of carbonyl (C=O) groups is 3. The van der Waals surface area contributed by atoms with Crippen LogP contribution in [0.25, 0.3) is 0 Å². The summed E-state index contributed by atoms with van der Waals surface area (Å²) in [6, 6.07) is 5.65. The van der Waals surface area contributed by atoms with Gasteiger partial charge in [-0.25, -0.2) is 9.37 Å². The van der Waals surface area contributed by atoms with Gasteiger partial charge in [0.25, 0.3) is 0 Å². The van der Waals surface area contributed by atoms with Crippen molar-refractivity contribution < 1.29 is 18.8 Å². The van der Waals surface area contributed by atoms with Crippen LogP contribution in [0.1, 0.15) is 76.3 Å². The first-order valence-electron chi connectivity index (χ1n) is 14.7. The zero-order valence-corrected chi connectivity index (χ0v) is 25.5. The molecular weight excluding hydrogens is 580 g/mol. The molecule has 1 aromatic heterocycles. The number of hydrogen-bond donors (Lipinski definition) is 4. The molecule has 2 aliphatic heterocycles. The van der Waals surface area contributed by atoms with E-state index in [1.165, 1.54) is 12.3 Å². The van der Waals surface area contributed by atoms with Gasteiger partial charge >= 0.3 is 0 Å². The highest BCUT2D eigenvalue weighted by atomic mass is 35.5. The first-order valence-corrected chi connectivity index (χ1v) is 15.5. The second kappa shape index (κ2) is 10.5. The van der Waals surface area contributed by atoms with Crippen molar-refractivity contribution in [3.05, 3.63) is 57.6 Å². The Morgan fingerprint density at radius 3 is 2.50 bits per heavy atom. The van der Waals surface area contributed by atoms with Crippen LogP contribution < -0.4 is 21.3 Å². The zero-order valence-electron chi connectivity index (χ0n) is 24.0. The molecule has 6 rings (SSSR count). The molecule has 3 heterocycles. The maximum absolute atomic E-state index is 16.0. The summed E-state index contributed by atoms with van der Waals surface area (Å²) < 4.78 is 16.0. The van der Waals surface area contributed by atoms with E-state index in [4.69, 9.17) is 23.2 Å². The van der Waals surface area contributed by atoms with Crippen LogP contribution in [0.2, 0.25) is 10.2 Å². The number of hydrogen-bond acceptors (Lipinski definition) is 5. The third-order valence-electron chi connectivity index (χ3n) is 10.2. The number of amides is 3. The van der Waals surface area contributed by atoms with Gasteiger partial charge < -0.3 is 16.0 Å². The van der Waals surface area contributed by atoms with E-state index in [0.717, 1.165) is 12.8 Å². The number of aromatic nitrogens is 1. The Morgan fingerprint density at radius 2 is 1.81 bits per heavy atom. The molecule has 4 N–H and O–H groups in total. The maximum atomic E-state index is 16.0. The summed E-state index contributed by atoms with van der Waals surface area (Å²) in [6.07, 6.45) is 5.31. The summed E-state index contributed by atoms with van der Waals surface area (Å²) in [4.78, 5) is 44.9. The Hall–Kier alpha value is -2.75. The van der Waals surface area contributed by atoms with Crippen LogP contribution in [0, 0.1) is 17.2 Å². The summed E-state index contributed by atoms with van der Waals surface area (Å²) >= 11 is 12.6. The molecule has 2 aromatic rings. The van der Waals surface area contributed by atoms with Gasteiger partial charge in [0, 0.05) is 46.9 Å². The lowest BCUT2D eigenvalue weighted by Crippen LogP contribution is -2.61. The summed E-state index contributed by atoms with van der Waals surface area (Å²) in [5.74, 6) is -2.47. The van der Waals surface area contributed by atoms with E-state index < -0.39 is 28.7 Å². The molecular formula is C31H36Cl2FN5O3. The smallest absolute Gasteiger partial charge is 0.238 e. The number of nitrogens with one attached hydrogen (secondary N) is 4. The molecule has 1 saturated heterocycles. The molecule has 0 bridgehead atoms. The number of anilines is 1. The lowest BCUT2D eigenvalue weighted by molar-refractivity contribution is -0.131. The summed E-state index contributed by atoms with van der Waals surface area (Å²) in [6.45, 7) is 6.83. The number of benzene rings is 1. The molecule has 42 heavy (non-hydrogen) atoms. The fraction of sp³-hybridized carbons (Fsp3) is 0.548. The number of pyridine rings is 1. The van der Waals surface area contributed by atoms with E-state index in [-0.39, 0.29) is 45.8 Å². The summed E-state index contributed by atoms with van der Waals surface area (Å²) in [5.41, 5.74) is -0.696. The Kier molecular flexibility index (Phi) is 7.30. The average molecular weight is 617 g/mol. The highest BCUT2D eigenvalue weighted by Crippen LogP contribution is 2.64. The Morgan fingerprint density at radius 1 is 1.10 bits per heavy atom. The number of carbonyl (C=O) groups excluding carboxylic acids is 3. The SMILES string of the molecule is CCNC(=O)[C@H]1C[C@H](NC(=O)[C@@H]2NC3(CCC(C)(C)CC3)[C@@]3(C(=O)Nc4cc(Cl)ccc43)[C@H]2c2ccnc(Cl)c2F)C1. The van der Waals surface area contributed by atoms with Gasteiger partial charge in [-0.1, -0.05) is 43.1 Å². The number of rotatable bonds is 5. The minimum Gasteiger partial charge on any atom is -0.356 e. The number of halogens is 3. The lowest BCUT2D eigenvalue weighted by Gasteiger charge is -2.50. The molecule has 11 heteroatoms. The van der Waals surface area contributed by atoms with Crippen molar-refractivity contribution in [1.82, 2.24) is 20.9 Å². The highest BCUT2D eigenvalue weighted by Gasteiger charge is 2.73. The van der Waals surface area contributed by atoms with Gasteiger partial charge in [-0.05, 0) is 80.2 Å². The van der Waals surface area contributed by atoms with Crippen molar-refractivity contribution in [3.8, 4) is 0 Å². The molecule has 0 radical (unpaired) electrons. The molecule has 3 atom stereocenters. The van der Waals surface area contributed by atoms with Crippen molar-refractivity contribution >= 4 is 46.6 Å². The van der Waals surface area contributed by atoms with E-state index in [2.05, 4.69) is 40.1 Å². The normalized spacial score (nSPS) is 30.5. The van der Waals surface area contributed by atoms with Gasteiger partial charge in [-0.2, -0.15) is 0 Å². The molecule has 3 amide bonds. The summed E-state index contributed by atoms with van der Waals surface area (Å²) in [5, 5.41) is 12.8. The van der Waals surface area contributed by atoms with E-state index in [9.17, 15) is 14.4 Å². The van der Waals surface area contributed by atoms with Crippen molar-refractivity contribution in [1.29, 1.82) is 0 Å². The Bertz CT molecular complexity index is 1450. The fourth-order valence-electron chi connectivity index (χ4n) is 7.89. The van der Waals surface area contributed by atoms with E-state index in [1.807, 2.05) is 13.0 Å². The third kappa shape index (κ3) is 4.42.